The number of methoxy groups -OCH3 is 1. The van der Waals surface area contributed by atoms with E-state index in [-0.39, 0.29) is 6.04 Å². The summed E-state index contributed by atoms with van der Waals surface area (Å²) in [5.41, 5.74) is 0. The second-order valence-corrected chi connectivity index (χ2v) is 4.03. The van der Waals surface area contributed by atoms with Gasteiger partial charge in [-0.2, -0.15) is 0 Å². The lowest BCUT2D eigenvalue weighted by atomic mass is 10.00. The van der Waals surface area contributed by atoms with Crippen LogP contribution in [0, 0.1) is 0 Å². The number of hydrogen-bond donors (Lipinski definition) is 2. The average Bonchev–Trinajstić information content (AvgIpc) is 2.72. The summed E-state index contributed by atoms with van der Waals surface area (Å²) in [5.74, 6) is 0. The van der Waals surface area contributed by atoms with Crippen molar-refractivity contribution in [2.45, 2.75) is 44.3 Å². The van der Waals surface area contributed by atoms with Crippen LogP contribution in [0.4, 0.5) is 0 Å². The van der Waals surface area contributed by atoms with Gasteiger partial charge in [0, 0.05) is 25.8 Å². The highest BCUT2D eigenvalue weighted by Crippen LogP contribution is 2.19. The van der Waals surface area contributed by atoms with Gasteiger partial charge in [-0.15, -0.1) is 0 Å². The molecule has 15 heavy (non-hydrogen) atoms. The molecule has 2 rings (SSSR count). The summed E-state index contributed by atoms with van der Waals surface area (Å²) in [6.07, 6.45) is 4.47. The van der Waals surface area contributed by atoms with Gasteiger partial charge in [-0.25, -0.2) is 0 Å². The molecule has 0 saturated carbocycles. The van der Waals surface area contributed by atoms with Crippen LogP contribution in [0.1, 0.15) is 26.2 Å². The fourth-order valence-corrected chi connectivity index (χ4v) is 2.11. The summed E-state index contributed by atoms with van der Waals surface area (Å²) in [5, 5.41) is 6.74. The van der Waals surface area contributed by atoms with E-state index in [2.05, 4.69) is 15.4 Å². The molecule has 4 heteroatoms. The van der Waals surface area contributed by atoms with E-state index in [9.17, 15) is 4.79 Å². The van der Waals surface area contributed by atoms with Crippen LogP contribution >= 0.6 is 0 Å². The first-order valence-electron chi connectivity index (χ1n) is 5.75. The summed E-state index contributed by atoms with van der Waals surface area (Å²) in [4.78, 5) is 10.5. The van der Waals surface area contributed by atoms with Crippen LogP contribution in [0.3, 0.4) is 0 Å². The van der Waals surface area contributed by atoms with Gasteiger partial charge in [0.2, 0.25) is 0 Å². The Labute approximate surface area is 91.8 Å². The van der Waals surface area contributed by atoms with E-state index in [4.69, 9.17) is 0 Å². The van der Waals surface area contributed by atoms with Crippen LogP contribution in [0.5, 0.6) is 0 Å². The van der Waals surface area contributed by atoms with Crippen LogP contribution in [0.25, 0.3) is 0 Å². The van der Waals surface area contributed by atoms with Crippen molar-refractivity contribution in [2.75, 3.05) is 20.3 Å². The van der Waals surface area contributed by atoms with Crippen LogP contribution in [-0.4, -0.2) is 44.7 Å². The molecule has 2 saturated heterocycles. The lowest BCUT2D eigenvalue weighted by molar-refractivity contribution is -0.109. The molecule has 0 spiro atoms. The second-order valence-electron chi connectivity index (χ2n) is 4.03. The molecular formula is C11H22N2O2. The summed E-state index contributed by atoms with van der Waals surface area (Å²) >= 11 is 0. The first-order valence-corrected chi connectivity index (χ1v) is 5.75. The third kappa shape index (κ3) is 3.89. The summed E-state index contributed by atoms with van der Waals surface area (Å²) in [7, 11) is 1.68. The number of carbonyl (C=O) groups is 1. The van der Waals surface area contributed by atoms with Crippen LogP contribution < -0.4 is 10.6 Å². The van der Waals surface area contributed by atoms with Gasteiger partial charge >= 0.3 is 0 Å². The Morgan fingerprint density at radius 2 is 2.20 bits per heavy atom. The quantitative estimate of drug-likeness (QED) is 0.650. The largest absolute Gasteiger partial charge is 0.385 e. The first kappa shape index (κ1) is 12.6. The fraction of sp³-hybridized carbons (Fsp3) is 0.909. The number of hydrogen-bond acceptors (Lipinski definition) is 4. The molecule has 0 aromatic rings. The maximum Gasteiger partial charge on any atom is 0.136 e. The molecule has 3 atom stereocenters. The van der Waals surface area contributed by atoms with Gasteiger partial charge in [-0.05, 0) is 32.7 Å². The molecule has 2 aliphatic heterocycles. The van der Waals surface area contributed by atoms with E-state index in [0.717, 1.165) is 25.9 Å². The van der Waals surface area contributed by atoms with Crippen molar-refractivity contribution >= 4 is 6.29 Å². The minimum Gasteiger partial charge on any atom is -0.385 e. The third-order valence-electron chi connectivity index (χ3n) is 2.97. The number of aldehydes is 1. The molecule has 0 radical (unpaired) electrons. The Morgan fingerprint density at radius 3 is 2.73 bits per heavy atom. The number of ether oxygens (including phenoxy) is 1. The van der Waals surface area contributed by atoms with E-state index in [1.165, 1.54) is 12.8 Å². The lowest BCUT2D eigenvalue weighted by Gasteiger charge is -2.25. The molecule has 2 fully saturated rings. The molecule has 0 aliphatic carbocycles. The topological polar surface area (TPSA) is 50.4 Å². The van der Waals surface area contributed by atoms with E-state index in [1.54, 1.807) is 7.11 Å². The Morgan fingerprint density at radius 1 is 1.47 bits per heavy atom. The fourth-order valence-electron chi connectivity index (χ4n) is 2.11. The number of nitrogens with one attached hydrogen (secondary N) is 2. The van der Waals surface area contributed by atoms with Crippen molar-refractivity contribution in [3.63, 3.8) is 0 Å². The maximum absolute atomic E-state index is 10.5. The Hall–Kier alpha value is -0.450. The number of rotatable bonds is 2. The number of piperidine rings is 1. The van der Waals surface area contributed by atoms with Gasteiger partial charge in [0.05, 0.1) is 6.04 Å². The van der Waals surface area contributed by atoms with Crippen molar-refractivity contribution < 1.29 is 9.53 Å². The molecule has 2 N–H and O–H groups in total. The van der Waals surface area contributed by atoms with Gasteiger partial charge in [0.15, 0.2) is 0 Å². The predicted octanol–water partition coefficient (Wildman–Crippen LogP) is 0.321. The Balaban J connectivity index is 0.000000245. The highest BCUT2D eigenvalue weighted by Gasteiger charge is 2.34. The van der Waals surface area contributed by atoms with Crippen molar-refractivity contribution in [2.24, 2.45) is 0 Å². The molecule has 0 aromatic carbocycles. The van der Waals surface area contributed by atoms with Gasteiger partial charge in [-0.1, -0.05) is 0 Å². The number of carbonyl (C=O) groups excluding carboxylic acids is 1. The summed E-state index contributed by atoms with van der Waals surface area (Å²) < 4.78 is 4.54. The zero-order valence-electron chi connectivity index (χ0n) is 9.66. The smallest absolute Gasteiger partial charge is 0.136 e. The standard InChI is InChI=1S/C8H14N2O.C3H8O/c11-5-6-4-8-7(10-6)2-1-3-9-8;1-3-4-2/h5-10H,1-4H2;3H2,1-2H3. The van der Waals surface area contributed by atoms with Crippen molar-refractivity contribution in [1.82, 2.24) is 10.6 Å². The molecule has 0 bridgehead atoms. The van der Waals surface area contributed by atoms with E-state index in [1.807, 2.05) is 6.92 Å². The van der Waals surface area contributed by atoms with E-state index in [0.29, 0.717) is 12.1 Å². The SMILES string of the molecule is CCOC.O=CC1CC2NCCCC2N1. The maximum atomic E-state index is 10.5. The summed E-state index contributed by atoms with van der Waals surface area (Å²) in [6.45, 7) is 3.90. The lowest BCUT2D eigenvalue weighted by Crippen LogP contribution is -2.45. The van der Waals surface area contributed by atoms with Gasteiger partial charge in [-0.3, -0.25) is 0 Å². The molecular weight excluding hydrogens is 192 g/mol. The Kier molecular flexibility index (Phi) is 5.83. The zero-order chi connectivity index (χ0) is 11.1. The van der Waals surface area contributed by atoms with Gasteiger partial charge < -0.3 is 20.2 Å². The van der Waals surface area contributed by atoms with Crippen LogP contribution in [0.2, 0.25) is 0 Å². The van der Waals surface area contributed by atoms with Crippen molar-refractivity contribution in [3.05, 3.63) is 0 Å². The molecule has 3 unspecified atom stereocenters. The summed E-state index contributed by atoms with van der Waals surface area (Å²) in [6, 6.07) is 1.22. The van der Waals surface area contributed by atoms with Crippen LogP contribution in [0.15, 0.2) is 0 Å². The highest BCUT2D eigenvalue weighted by atomic mass is 16.5. The van der Waals surface area contributed by atoms with Crippen LogP contribution in [-0.2, 0) is 9.53 Å². The highest BCUT2D eigenvalue weighted by molar-refractivity contribution is 5.58. The minimum absolute atomic E-state index is 0.107. The Bertz CT molecular complexity index is 171. The molecule has 0 amide bonds. The average molecular weight is 214 g/mol. The van der Waals surface area contributed by atoms with Crippen molar-refractivity contribution in [3.8, 4) is 0 Å². The van der Waals surface area contributed by atoms with Gasteiger partial charge in [0.1, 0.15) is 6.29 Å². The van der Waals surface area contributed by atoms with E-state index >= 15 is 0 Å². The molecule has 4 nitrogen and oxygen atoms in total. The monoisotopic (exact) mass is 214 g/mol. The predicted molar refractivity (Wildman–Crippen MR) is 60.0 cm³/mol. The molecule has 2 aliphatic rings. The first-order chi connectivity index (χ1) is 7.31. The molecule has 2 heterocycles. The molecule has 88 valence electrons. The van der Waals surface area contributed by atoms with Crippen molar-refractivity contribution in [1.29, 1.82) is 0 Å². The number of fused-ring (bicyclic) bond motifs is 1. The normalized spacial score (nSPS) is 33.9. The van der Waals surface area contributed by atoms with Gasteiger partial charge in [0.25, 0.3) is 0 Å². The minimum atomic E-state index is 0.107. The third-order valence-corrected chi connectivity index (χ3v) is 2.97. The molecule has 0 aromatic heterocycles. The zero-order valence-corrected chi connectivity index (χ0v) is 9.66. The second kappa shape index (κ2) is 6.93. The van der Waals surface area contributed by atoms with E-state index < -0.39 is 0 Å².